The zero-order valence-electron chi connectivity index (χ0n) is 7.79. The summed E-state index contributed by atoms with van der Waals surface area (Å²) in [6.45, 7) is 10.1. The van der Waals surface area contributed by atoms with Crippen LogP contribution in [0.15, 0.2) is 24.8 Å². The van der Waals surface area contributed by atoms with Crippen LogP contribution in [-0.2, 0) is 0 Å². The molecule has 3 unspecified atom stereocenters. The third-order valence-electron chi connectivity index (χ3n) is 2.91. The highest BCUT2D eigenvalue weighted by Gasteiger charge is 2.30. The molecule has 0 saturated heterocycles. The fourth-order valence-electron chi connectivity index (χ4n) is 1.92. The Labute approximate surface area is 81.2 Å². The van der Waals surface area contributed by atoms with Gasteiger partial charge in [-0.2, -0.15) is 12.6 Å². The Kier molecular flexibility index (Phi) is 3.45. The van der Waals surface area contributed by atoms with Gasteiger partial charge in [-0.1, -0.05) is 25.2 Å². The molecule has 1 saturated carbocycles. The van der Waals surface area contributed by atoms with Gasteiger partial charge in [0.1, 0.15) is 0 Å². The van der Waals surface area contributed by atoms with E-state index in [0.717, 1.165) is 6.42 Å². The molecular formula is C11H18S. The maximum Gasteiger partial charge on any atom is 0.00854 e. The number of rotatable bonds is 3. The van der Waals surface area contributed by atoms with E-state index in [1.807, 2.05) is 6.08 Å². The molecule has 1 heteroatoms. The van der Waals surface area contributed by atoms with Gasteiger partial charge in [0.15, 0.2) is 0 Å². The van der Waals surface area contributed by atoms with Gasteiger partial charge in [0, 0.05) is 5.25 Å². The molecule has 0 aliphatic heterocycles. The van der Waals surface area contributed by atoms with Gasteiger partial charge in [-0.15, -0.1) is 6.58 Å². The van der Waals surface area contributed by atoms with Gasteiger partial charge in [-0.25, -0.2) is 0 Å². The Bertz CT molecular complexity index is 183. The molecule has 3 atom stereocenters. The number of thiol groups is 1. The number of hydrogen-bond donors (Lipinski definition) is 1. The van der Waals surface area contributed by atoms with Crippen molar-refractivity contribution in [2.75, 3.05) is 0 Å². The fraction of sp³-hybridized carbons (Fsp3) is 0.636. The lowest BCUT2D eigenvalue weighted by atomic mass is 9.96. The molecule has 0 amide bonds. The minimum atomic E-state index is 0.510. The van der Waals surface area contributed by atoms with Crippen LogP contribution in [0.5, 0.6) is 0 Å². The van der Waals surface area contributed by atoms with Crippen LogP contribution in [0.1, 0.15) is 26.2 Å². The molecule has 0 nitrogen and oxygen atoms in total. The van der Waals surface area contributed by atoms with Gasteiger partial charge in [0.25, 0.3) is 0 Å². The van der Waals surface area contributed by atoms with E-state index >= 15 is 0 Å². The third kappa shape index (κ3) is 1.95. The topological polar surface area (TPSA) is 0 Å². The Morgan fingerprint density at radius 3 is 2.67 bits per heavy atom. The molecule has 0 N–H and O–H groups in total. The second-order valence-electron chi connectivity index (χ2n) is 3.65. The molecule has 68 valence electrons. The van der Waals surface area contributed by atoms with Crippen LogP contribution < -0.4 is 0 Å². The van der Waals surface area contributed by atoms with Crippen molar-refractivity contribution in [2.45, 2.75) is 31.4 Å². The monoisotopic (exact) mass is 182 g/mol. The van der Waals surface area contributed by atoms with Crippen molar-refractivity contribution in [3.63, 3.8) is 0 Å². The van der Waals surface area contributed by atoms with Gasteiger partial charge in [-0.3, -0.25) is 0 Å². The molecule has 0 aromatic heterocycles. The maximum absolute atomic E-state index is 4.55. The first-order chi connectivity index (χ1) is 5.69. The predicted octanol–water partition coefficient (Wildman–Crippen LogP) is 3.46. The van der Waals surface area contributed by atoms with E-state index in [1.54, 1.807) is 0 Å². The summed E-state index contributed by atoms with van der Waals surface area (Å²) in [4.78, 5) is 0. The zero-order chi connectivity index (χ0) is 9.14. The highest BCUT2D eigenvalue weighted by atomic mass is 32.1. The van der Waals surface area contributed by atoms with E-state index in [0.29, 0.717) is 17.1 Å². The molecule has 0 heterocycles. The van der Waals surface area contributed by atoms with Crippen molar-refractivity contribution in [1.29, 1.82) is 0 Å². The highest BCUT2D eigenvalue weighted by Crippen LogP contribution is 2.39. The van der Waals surface area contributed by atoms with E-state index in [-0.39, 0.29) is 0 Å². The minimum absolute atomic E-state index is 0.510. The van der Waals surface area contributed by atoms with E-state index < -0.39 is 0 Å². The van der Waals surface area contributed by atoms with E-state index in [2.05, 4.69) is 32.7 Å². The molecule has 1 fully saturated rings. The SMILES string of the molecule is C=CC1CC(C(=C)CC)CC1S. The van der Waals surface area contributed by atoms with Crippen LogP contribution in [0, 0.1) is 11.8 Å². The van der Waals surface area contributed by atoms with Crippen molar-refractivity contribution in [1.82, 2.24) is 0 Å². The third-order valence-corrected chi connectivity index (χ3v) is 3.50. The van der Waals surface area contributed by atoms with Crippen LogP contribution in [0.3, 0.4) is 0 Å². The van der Waals surface area contributed by atoms with Crippen molar-refractivity contribution >= 4 is 12.6 Å². The smallest absolute Gasteiger partial charge is 0.00854 e. The van der Waals surface area contributed by atoms with E-state index in [9.17, 15) is 0 Å². The van der Waals surface area contributed by atoms with Crippen molar-refractivity contribution in [3.8, 4) is 0 Å². The lowest BCUT2D eigenvalue weighted by Crippen LogP contribution is -2.01. The molecule has 0 aromatic rings. The Morgan fingerprint density at radius 1 is 1.58 bits per heavy atom. The molecule has 0 aromatic carbocycles. The summed E-state index contributed by atoms with van der Waals surface area (Å²) in [6.07, 6.45) is 5.55. The summed E-state index contributed by atoms with van der Waals surface area (Å²) in [5, 5.41) is 0.510. The van der Waals surface area contributed by atoms with Crippen molar-refractivity contribution in [2.24, 2.45) is 11.8 Å². The van der Waals surface area contributed by atoms with Gasteiger partial charge < -0.3 is 0 Å². The summed E-state index contributed by atoms with van der Waals surface area (Å²) in [5.41, 5.74) is 1.39. The molecule has 1 aliphatic carbocycles. The molecule has 0 radical (unpaired) electrons. The molecule has 0 spiro atoms. The second-order valence-corrected chi connectivity index (χ2v) is 4.31. The first-order valence-electron chi connectivity index (χ1n) is 4.67. The van der Waals surface area contributed by atoms with Crippen molar-refractivity contribution < 1.29 is 0 Å². The number of hydrogen-bond acceptors (Lipinski definition) is 1. The van der Waals surface area contributed by atoms with Gasteiger partial charge in [0.05, 0.1) is 0 Å². The first-order valence-corrected chi connectivity index (χ1v) is 5.19. The Balaban J connectivity index is 2.53. The van der Waals surface area contributed by atoms with Crippen LogP contribution in [-0.4, -0.2) is 5.25 Å². The van der Waals surface area contributed by atoms with Crippen molar-refractivity contribution in [3.05, 3.63) is 24.8 Å². The minimum Gasteiger partial charge on any atom is -0.175 e. The Morgan fingerprint density at radius 2 is 2.25 bits per heavy atom. The summed E-state index contributed by atoms with van der Waals surface area (Å²) in [7, 11) is 0. The van der Waals surface area contributed by atoms with Crippen LogP contribution >= 0.6 is 12.6 Å². The summed E-state index contributed by atoms with van der Waals surface area (Å²) in [5.74, 6) is 1.29. The predicted molar refractivity (Wildman–Crippen MR) is 58.6 cm³/mol. The largest absolute Gasteiger partial charge is 0.175 e. The zero-order valence-corrected chi connectivity index (χ0v) is 8.69. The first kappa shape index (κ1) is 9.91. The molecule has 1 rings (SSSR count). The molecule has 12 heavy (non-hydrogen) atoms. The highest BCUT2D eigenvalue weighted by molar-refractivity contribution is 7.81. The normalized spacial score (nSPS) is 35.0. The van der Waals surface area contributed by atoms with E-state index in [4.69, 9.17) is 0 Å². The molecule has 0 bridgehead atoms. The standard InChI is InChI=1S/C11H18S/c1-4-8(3)10-6-9(5-2)11(12)7-10/h5,9-12H,2-4,6-7H2,1H3. The van der Waals surface area contributed by atoms with Gasteiger partial charge >= 0.3 is 0 Å². The summed E-state index contributed by atoms with van der Waals surface area (Å²) < 4.78 is 0. The molecule has 1 aliphatic rings. The summed E-state index contributed by atoms with van der Waals surface area (Å²) in [6, 6.07) is 0. The quantitative estimate of drug-likeness (QED) is 0.501. The van der Waals surface area contributed by atoms with E-state index in [1.165, 1.54) is 18.4 Å². The summed E-state index contributed by atoms with van der Waals surface area (Å²) >= 11 is 4.55. The fourth-order valence-corrected chi connectivity index (χ4v) is 2.42. The second kappa shape index (κ2) is 4.18. The average molecular weight is 182 g/mol. The lowest BCUT2D eigenvalue weighted by molar-refractivity contribution is 0.598. The van der Waals surface area contributed by atoms with Crippen LogP contribution in [0.4, 0.5) is 0 Å². The van der Waals surface area contributed by atoms with Crippen LogP contribution in [0.25, 0.3) is 0 Å². The van der Waals surface area contributed by atoms with Gasteiger partial charge in [0.2, 0.25) is 0 Å². The average Bonchev–Trinajstić information content (AvgIpc) is 2.45. The lowest BCUT2D eigenvalue weighted by Gasteiger charge is -2.10. The molecular weight excluding hydrogens is 164 g/mol. The van der Waals surface area contributed by atoms with Crippen LogP contribution in [0.2, 0.25) is 0 Å². The maximum atomic E-state index is 4.55. The number of allylic oxidation sites excluding steroid dienone is 2. The Hall–Kier alpha value is -0.170. The van der Waals surface area contributed by atoms with Gasteiger partial charge in [-0.05, 0) is 31.1 Å².